The molecular formula is C11H13N3O3S. The molecule has 0 fully saturated rings. The van der Waals surface area contributed by atoms with E-state index >= 15 is 0 Å². The van der Waals surface area contributed by atoms with E-state index in [1.165, 1.54) is 14.0 Å². The minimum absolute atomic E-state index is 0.0830. The van der Waals surface area contributed by atoms with Crippen LogP contribution in [0.3, 0.4) is 0 Å². The average molecular weight is 267 g/mol. The molecule has 18 heavy (non-hydrogen) atoms. The maximum Gasteiger partial charge on any atom is 0.413 e. The van der Waals surface area contributed by atoms with Crippen LogP contribution >= 0.6 is 12.2 Å². The van der Waals surface area contributed by atoms with Crippen molar-refractivity contribution in [1.82, 2.24) is 5.32 Å². The van der Waals surface area contributed by atoms with Crippen LogP contribution in [0.5, 0.6) is 0 Å². The summed E-state index contributed by atoms with van der Waals surface area (Å²) in [5.41, 5.74) is 1.15. The molecule has 1 aromatic carbocycles. The number of anilines is 2. The number of amides is 2. The van der Waals surface area contributed by atoms with Crippen molar-refractivity contribution >= 4 is 40.7 Å². The number of benzene rings is 1. The summed E-state index contributed by atoms with van der Waals surface area (Å²) >= 11 is 4.92. The minimum atomic E-state index is -0.662. The van der Waals surface area contributed by atoms with E-state index in [1.54, 1.807) is 24.3 Å². The lowest BCUT2D eigenvalue weighted by Crippen LogP contribution is -2.34. The second-order valence-corrected chi connectivity index (χ2v) is 3.71. The van der Waals surface area contributed by atoms with E-state index in [1.807, 2.05) is 0 Å². The number of ether oxygens (including phenoxy) is 1. The van der Waals surface area contributed by atoms with Gasteiger partial charge in [-0.25, -0.2) is 4.79 Å². The number of hydrogen-bond acceptors (Lipinski definition) is 4. The van der Waals surface area contributed by atoms with Crippen LogP contribution in [0.2, 0.25) is 0 Å². The quantitative estimate of drug-likeness (QED) is 0.711. The molecule has 0 spiro atoms. The average Bonchev–Trinajstić information content (AvgIpc) is 2.30. The number of alkyl carbamates (subject to hydrolysis) is 1. The van der Waals surface area contributed by atoms with Crippen LogP contribution in [0.1, 0.15) is 6.92 Å². The first kappa shape index (κ1) is 13.9. The van der Waals surface area contributed by atoms with Crippen LogP contribution < -0.4 is 16.0 Å². The van der Waals surface area contributed by atoms with Gasteiger partial charge in [0.2, 0.25) is 5.91 Å². The maximum atomic E-state index is 11.0. The fourth-order valence-electron chi connectivity index (χ4n) is 1.19. The van der Waals surface area contributed by atoms with Gasteiger partial charge in [0.25, 0.3) is 0 Å². The van der Waals surface area contributed by atoms with Crippen molar-refractivity contribution in [2.24, 2.45) is 0 Å². The second-order valence-electron chi connectivity index (χ2n) is 3.30. The van der Waals surface area contributed by atoms with Crippen molar-refractivity contribution in [3.05, 3.63) is 24.3 Å². The van der Waals surface area contributed by atoms with E-state index in [2.05, 4.69) is 20.7 Å². The normalized spacial score (nSPS) is 9.22. The van der Waals surface area contributed by atoms with Crippen LogP contribution in [0, 0.1) is 0 Å². The molecule has 0 unspecified atom stereocenters. The molecule has 3 N–H and O–H groups in total. The lowest BCUT2D eigenvalue weighted by molar-refractivity contribution is -0.114. The standard InChI is InChI=1S/C11H13N3O3S/c1-7(15)12-8-5-3-4-6-9(8)13-10(18)14-11(16)17-2/h3-6H,1-2H3,(H,12,15)(H2,13,14,16,18). The van der Waals surface area contributed by atoms with Crippen molar-refractivity contribution in [1.29, 1.82) is 0 Å². The Labute approximate surface area is 110 Å². The first-order chi connectivity index (χ1) is 8.52. The second kappa shape index (κ2) is 6.55. The van der Waals surface area contributed by atoms with Gasteiger partial charge in [-0.3, -0.25) is 10.1 Å². The van der Waals surface area contributed by atoms with Crippen molar-refractivity contribution < 1.29 is 14.3 Å². The van der Waals surface area contributed by atoms with Gasteiger partial charge in [0, 0.05) is 6.92 Å². The Bertz CT molecular complexity index is 476. The summed E-state index contributed by atoms with van der Waals surface area (Å²) in [5.74, 6) is -0.198. The van der Waals surface area contributed by atoms with Gasteiger partial charge in [-0.1, -0.05) is 12.1 Å². The van der Waals surface area contributed by atoms with Crippen molar-refractivity contribution in [3.8, 4) is 0 Å². The molecule has 96 valence electrons. The van der Waals surface area contributed by atoms with Crippen molar-refractivity contribution in [2.75, 3.05) is 17.7 Å². The Kier molecular flexibility index (Phi) is 5.06. The third-order valence-corrected chi connectivity index (χ3v) is 2.09. The fourth-order valence-corrected chi connectivity index (χ4v) is 1.38. The van der Waals surface area contributed by atoms with Crippen molar-refractivity contribution in [3.63, 3.8) is 0 Å². The number of methoxy groups -OCH3 is 1. The highest BCUT2D eigenvalue weighted by atomic mass is 32.1. The van der Waals surface area contributed by atoms with Gasteiger partial charge < -0.3 is 15.4 Å². The van der Waals surface area contributed by atoms with Gasteiger partial charge in [0.15, 0.2) is 5.11 Å². The molecule has 6 nitrogen and oxygen atoms in total. The van der Waals surface area contributed by atoms with E-state index in [-0.39, 0.29) is 11.0 Å². The summed E-state index contributed by atoms with van der Waals surface area (Å²) in [5, 5.41) is 7.82. The first-order valence-electron chi connectivity index (χ1n) is 5.05. The van der Waals surface area contributed by atoms with Crippen LogP contribution in [0.25, 0.3) is 0 Å². The summed E-state index contributed by atoms with van der Waals surface area (Å²) in [6.07, 6.45) is -0.662. The van der Waals surface area contributed by atoms with Gasteiger partial charge in [-0.15, -0.1) is 0 Å². The number of thiocarbonyl (C=S) groups is 1. The number of rotatable bonds is 2. The zero-order valence-corrected chi connectivity index (χ0v) is 10.8. The summed E-state index contributed by atoms with van der Waals surface area (Å²) in [4.78, 5) is 22.0. The van der Waals surface area contributed by atoms with Crippen LogP contribution in [0.4, 0.5) is 16.2 Å². The molecule has 0 aliphatic rings. The molecule has 0 aromatic heterocycles. The summed E-state index contributed by atoms with van der Waals surface area (Å²) < 4.78 is 4.41. The third kappa shape index (κ3) is 4.38. The summed E-state index contributed by atoms with van der Waals surface area (Å²) in [7, 11) is 1.24. The summed E-state index contributed by atoms with van der Waals surface area (Å²) in [6, 6.07) is 6.97. The fraction of sp³-hybridized carbons (Fsp3) is 0.182. The molecule has 0 aliphatic carbocycles. The zero-order chi connectivity index (χ0) is 13.5. The number of carbonyl (C=O) groups is 2. The molecule has 0 bridgehead atoms. The van der Waals surface area contributed by atoms with E-state index in [4.69, 9.17) is 12.2 Å². The molecule has 0 radical (unpaired) electrons. The Morgan fingerprint density at radius 1 is 1.17 bits per heavy atom. The molecule has 1 aromatic rings. The number of nitrogens with one attached hydrogen (secondary N) is 3. The zero-order valence-electron chi connectivity index (χ0n) is 9.94. The third-order valence-electron chi connectivity index (χ3n) is 1.89. The molecule has 1 rings (SSSR count). The highest BCUT2D eigenvalue weighted by Crippen LogP contribution is 2.20. The Hall–Kier alpha value is -2.15. The minimum Gasteiger partial charge on any atom is -0.453 e. The van der Waals surface area contributed by atoms with Gasteiger partial charge in [-0.05, 0) is 24.4 Å². The van der Waals surface area contributed by atoms with E-state index < -0.39 is 6.09 Å². The highest BCUT2D eigenvalue weighted by Gasteiger charge is 2.07. The largest absolute Gasteiger partial charge is 0.453 e. The van der Waals surface area contributed by atoms with E-state index in [0.29, 0.717) is 11.4 Å². The van der Waals surface area contributed by atoms with E-state index in [0.717, 1.165) is 0 Å². The van der Waals surface area contributed by atoms with E-state index in [9.17, 15) is 9.59 Å². The molecule has 0 saturated heterocycles. The van der Waals surface area contributed by atoms with Gasteiger partial charge in [0.05, 0.1) is 18.5 Å². The molecule has 0 atom stereocenters. The van der Waals surface area contributed by atoms with Crippen LogP contribution in [0.15, 0.2) is 24.3 Å². The molecule has 2 amide bonds. The molecule has 0 saturated carbocycles. The lowest BCUT2D eigenvalue weighted by Gasteiger charge is -2.12. The maximum absolute atomic E-state index is 11.0. The number of hydrogen-bond donors (Lipinski definition) is 3. The van der Waals surface area contributed by atoms with Gasteiger partial charge in [0.1, 0.15) is 0 Å². The SMILES string of the molecule is COC(=O)NC(=S)Nc1ccccc1NC(C)=O. The van der Waals surface area contributed by atoms with Gasteiger partial charge >= 0.3 is 6.09 Å². The Morgan fingerprint density at radius 3 is 2.22 bits per heavy atom. The molecular weight excluding hydrogens is 254 g/mol. The number of carbonyl (C=O) groups excluding carboxylic acids is 2. The van der Waals surface area contributed by atoms with Crippen LogP contribution in [-0.4, -0.2) is 24.2 Å². The Balaban J connectivity index is 2.74. The lowest BCUT2D eigenvalue weighted by atomic mass is 10.2. The van der Waals surface area contributed by atoms with Crippen molar-refractivity contribution in [2.45, 2.75) is 6.92 Å². The molecule has 0 heterocycles. The van der Waals surface area contributed by atoms with Crippen LogP contribution in [-0.2, 0) is 9.53 Å². The molecule has 7 heteroatoms. The smallest absolute Gasteiger partial charge is 0.413 e. The number of para-hydroxylation sites is 2. The predicted molar refractivity (Wildman–Crippen MR) is 72.5 cm³/mol. The molecule has 0 aliphatic heterocycles. The highest BCUT2D eigenvalue weighted by molar-refractivity contribution is 7.80. The summed E-state index contributed by atoms with van der Waals surface area (Å²) in [6.45, 7) is 1.40. The monoisotopic (exact) mass is 267 g/mol. The predicted octanol–water partition coefficient (Wildman–Crippen LogP) is 1.70. The first-order valence-corrected chi connectivity index (χ1v) is 5.46. The Morgan fingerprint density at radius 2 is 1.72 bits per heavy atom. The topological polar surface area (TPSA) is 79.5 Å². The van der Waals surface area contributed by atoms with Gasteiger partial charge in [-0.2, -0.15) is 0 Å².